The van der Waals surface area contributed by atoms with E-state index in [1.165, 1.54) is 0 Å². The summed E-state index contributed by atoms with van der Waals surface area (Å²) in [6, 6.07) is 5.41. The second-order valence-corrected chi connectivity index (χ2v) is 5.93. The number of hydrogen-bond acceptors (Lipinski definition) is 5. The molecule has 7 heteroatoms. The first-order valence-electron chi connectivity index (χ1n) is 8.34. The third-order valence-electron chi connectivity index (χ3n) is 4.40. The van der Waals surface area contributed by atoms with Crippen LogP contribution < -0.4 is 20.1 Å². The average Bonchev–Trinajstić information content (AvgIpc) is 3.04. The summed E-state index contributed by atoms with van der Waals surface area (Å²) in [7, 11) is 0. The van der Waals surface area contributed by atoms with Crippen molar-refractivity contribution >= 4 is 11.8 Å². The molecule has 2 heterocycles. The van der Waals surface area contributed by atoms with Gasteiger partial charge in [-0.1, -0.05) is 13.0 Å². The monoisotopic (exact) mass is 333 g/mol. The Kier molecular flexibility index (Phi) is 5.20. The van der Waals surface area contributed by atoms with Gasteiger partial charge in [-0.25, -0.2) is 0 Å². The predicted molar refractivity (Wildman–Crippen MR) is 87.9 cm³/mol. The van der Waals surface area contributed by atoms with Crippen molar-refractivity contribution in [2.24, 2.45) is 0 Å². The molecule has 2 N–H and O–H groups in total. The Bertz CT molecular complexity index is 620. The molecule has 0 aromatic heterocycles. The molecular weight excluding hydrogens is 310 g/mol. The number of rotatable bonds is 6. The molecule has 1 aromatic rings. The maximum Gasteiger partial charge on any atom is 0.237 e. The summed E-state index contributed by atoms with van der Waals surface area (Å²) >= 11 is 0. The van der Waals surface area contributed by atoms with E-state index in [1.807, 2.05) is 30.0 Å². The Morgan fingerprint density at radius 2 is 2.21 bits per heavy atom. The maximum absolute atomic E-state index is 12.1. The number of carbonyl (C=O) groups excluding carboxylic acids is 2. The van der Waals surface area contributed by atoms with Crippen molar-refractivity contribution in [3.63, 3.8) is 0 Å². The molecule has 0 radical (unpaired) electrons. The summed E-state index contributed by atoms with van der Waals surface area (Å²) in [5.41, 5.74) is 1.07. The van der Waals surface area contributed by atoms with E-state index in [2.05, 4.69) is 10.6 Å². The second-order valence-electron chi connectivity index (χ2n) is 5.93. The highest BCUT2D eigenvalue weighted by molar-refractivity contribution is 5.88. The molecule has 3 rings (SSSR count). The number of ether oxygens (including phenoxy) is 2. The summed E-state index contributed by atoms with van der Waals surface area (Å²) < 4.78 is 10.6. The van der Waals surface area contributed by atoms with E-state index in [9.17, 15) is 9.59 Å². The van der Waals surface area contributed by atoms with Crippen LogP contribution in [-0.2, 0) is 16.0 Å². The van der Waals surface area contributed by atoms with Crippen LogP contribution >= 0.6 is 0 Å². The van der Waals surface area contributed by atoms with Gasteiger partial charge in [0, 0.05) is 19.6 Å². The lowest BCUT2D eigenvalue weighted by Crippen LogP contribution is -2.56. The van der Waals surface area contributed by atoms with E-state index in [4.69, 9.17) is 9.47 Å². The number of carbonyl (C=O) groups is 2. The number of piperazine rings is 1. The van der Waals surface area contributed by atoms with Crippen molar-refractivity contribution in [3.05, 3.63) is 23.8 Å². The van der Waals surface area contributed by atoms with Crippen LogP contribution in [0.1, 0.15) is 18.9 Å². The van der Waals surface area contributed by atoms with Crippen LogP contribution in [0.25, 0.3) is 0 Å². The van der Waals surface area contributed by atoms with Crippen molar-refractivity contribution in [2.75, 3.05) is 33.0 Å². The number of benzene rings is 1. The molecule has 24 heavy (non-hydrogen) atoms. The Labute approximate surface area is 141 Å². The molecule has 130 valence electrons. The molecule has 1 atom stereocenters. The third kappa shape index (κ3) is 3.79. The van der Waals surface area contributed by atoms with Gasteiger partial charge in [-0.3, -0.25) is 14.5 Å². The van der Waals surface area contributed by atoms with Crippen LogP contribution in [0.4, 0.5) is 0 Å². The molecule has 2 amide bonds. The molecule has 7 nitrogen and oxygen atoms in total. The lowest BCUT2D eigenvalue weighted by Gasteiger charge is -2.33. The van der Waals surface area contributed by atoms with Crippen molar-refractivity contribution < 1.29 is 19.1 Å². The summed E-state index contributed by atoms with van der Waals surface area (Å²) in [5.74, 6) is 1.34. The van der Waals surface area contributed by atoms with Crippen LogP contribution in [0.15, 0.2) is 18.2 Å². The highest BCUT2D eigenvalue weighted by atomic mass is 16.7. The smallest absolute Gasteiger partial charge is 0.237 e. The molecule has 0 aliphatic carbocycles. The average molecular weight is 333 g/mol. The van der Waals surface area contributed by atoms with Gasteiger partial charge < -0.3 is 20.1 Å². The first kappa shape index (κ1) is 16.6. The van der Waals surface area contributed by atoms with Crippen molar-refractivity contribution in [3.8, 4) is 11.5 Å². The fraction of sp³-hybridized carbons (Fsp3) is 0.529. The van der Waals surface area contributed by atoms with Gasteiger partial charge in [0.2, 0.25) is 18.6 Å². The molecule has 1 saturated heterocycles. The quantitative estimate of drug-likeness (QED) is 0.782. The fourth-order valence-electron chi connectivity index (χ4n) is 3.05. The molecule has 1 unspecified atom stereocenters. The maximum atomic E-state index is 12.1. The van der Waals surface area contributed by atoms with Crippen LogP contribution in [-0.4, -0.2) is 55.7 Å². The van der Waals surface area contributed by atoms with Gasteiger partial charge in [0.15, 0.2) is 11.5 Å². The van der Waals surface area contributed by atoms with Gasteiger partial charge in [0.05, 0.1) is 12.5 Å². The van der Waals surface area contributed by atoms with E-state index in [0.29, 0.717) is 19.5 Å². The number of nitrogens with one attached hydrogen (secondary N) is 2. The highest BCUT2D eigenvalue weighted by Crippen LogP contribution is 2.32. The molecule has 1 fully saturated rings. The van der Waals surface area contributed by atoms with Gasteiger partial charge in [0.1, 0.15) is 0 Å². The van der Waals surface area contributed by atoms with Crippen LogP contribution in [0, 0.1) is 0 Å². The largest absolute Gasteiger partial charge is 0.454 e. The molecule has 0 bridgehead atoms. The minimum absolute atomic E-state index is 0.0611. The van der Waals surface area contributed by atoms with Crippen LogP contribution in [0.5, 0.6) is 11.5 Å². The topological polar surface area (TPSA) is 79.9 Å². The van der Waals surface area contributed by atoms with Crippen molar-refractivity contribution in [1.82, 2.24) is 15.5 Å². The standard InChI is InChI=1S/C17H23N3O4/c1-2-20-8-7-19-17(22)13(20)10-16(21)18-6-5-12-3-4-14-15(9-12)24-11-23-14/h3-4,9,13H,2,5-8,10-11H2,1H3,(H,18,21)(H,19,22). The highest BCUT2D eigenvalue weighted by Gasteiger charge is 2.30. The van der Waals surface area contributed by atoms with E-state index in [-0.39, 0.29) is 31.1 Å². The number of likely N-dealkylation sites (N-methyl/N-ethyl adjacent to an activating group) is 1. The van der Waals surface area contributed by atoms with Gasteiger partial charge >= 0.3 is 0 Å². The Morgan fingerprint density at radius 1 is 1.38 bits per heavy atom. The van der Waals surface area contributed by atoms with E-state index >= 15 is 0 Å². The number of hydrogen-bond donors (Lipinski definition) is 2. The van der Waals surface area contributed by atoms with Gasteiger partial charge in [-0.2, -0.15) is 0 Å². The van der Waals surface area contributed by atoms with Crippen LogP contribution in [0.2, 0.25) is 0 Å². The zero-order valence-electron chi connectivity index (χ0n) is 13.8. The molecular formula is C17H23N3O4. The minimum Gasteiger partial charge on any atom is -0.454 e. The van der Waals surface area contributed by atoms with Crippen molar-refractivity contribution in [2.45, 2.75) is 25.8 Å². The number of fused-ring (bicyclic) bond motifs is 1. The first-order valence-corrected chi connectivity index (χ1v) is 8.34. The number of amides is 2. The Morgan fingerprint density at radius 3 is 3.04 bits per heavy atom. The second kappa shape index (κ2) is 7.53. The minimum atomic E-state index is -0.366. The zero-order valence-corrected chi connectivity index (χ0v) is 13.8. The lowest BCUT2D eigenvalue weighted by molar-refractivity contribution is -0.133. The summed E-state index contributed by atoms with van der Waals surface area (Å²) in [4.78, 5) is 26.1. The molecule has 2 aliphatic rings. The Balaban J connectivity index is 1.46. The van der Waals surface area contributed by atoms with Gasteiger partial charge in [-0.05, 0) is 30.7 Å². The van der Waals surface area contributed by atoms with E-state index in [1.54, 1.807) is 0 Å². The first-order chi connectivity index (χ1) is 11.7. The summed E-state index contributed by atoms with van der Waals surface area (Å²) in [5, 5.41) is 5.71. The molecule has 0 saturated carbocycles. The number of nitrogens with zero attached hydrogens (tertiary/aromatic N) is 1. The van der Waals surface area contributed by atoms with E-state index < -0.39 is 0 Å². The SMILES string of the molecule is CCN1CCNC(=O)C1CC(=O)NCCc1ccc2c(c1)OCO2. The third-order valence-corrected chi connectivity index (χ3v) is 4.40. The zero-order chi connectivity index (χ0) is 16.9. The normalized spacial score (nSPS) is 19.9. The van der Waals surface area contributed by atoms with Crippen LogP contribution in [0.3, 0.4) is 0 Å². The fourth-order valence-corrected chi connectivity index (χ4v) is 3.05. The molecule has 0 spiro atoms. The van der Waals surface area contributed by atoms with Gasteiger partial charge in [0.25, 0.3) is 0 Å². The van der Waals surface area contributed by atoms with Gasteiger partial charge in [-0.15, -0.1) is 0 Å². The molecule has 1 aromatic carbocycles. The predicted octanol–water partition coefficient (Wildman–Crippen LogP) is 0.284. The lowest BCUT2D eigenvalue weighted by atomic mass is 10.1. The summed E-state index contributed by atoms with van der Waals surface area (Å²) in [6.45, 7) is 4.99. The van der Waals surface area contributed by atoms with Crippen molar-refractivity contribution in [1.29, 1.82) is 0 Å². The molecule has 2 aliphatic heterocycles. The van der Waals surface area contributed by atoms with E-state index in [0.717, 1.165) is 30.2 Å². The summed E-state index contributed by atoms with van der Waals surface area (Å²) in [6.07, 6.45) is 0.900. The Hall–Kier alpha value is -2.28.